The van der Waals surface area contributed by atoms with Gasteiger partial charge in [0.05, 0.1) is 43.6 Å². The van der Waals surface area contributed by atoms with Crippen LogP contribution in [0.15, 0.2) is 84.9 Å². The van der Waals surface area contributed by atoms with E-state index in [1.54, 1.807) is 24.3 Å². The molecule has 54 heavy (non-hydrogen) atoms. The average molecular weight is 799 g/mol. The molecule has 1 aliphatic rings. The summed E-state index contributed by atoms with van der Waals surface area (Å²) in [5.74, 6) is -0.353. The number of benzene rings is 4. The Balaban J connectivity index is 1.17. The Labute approximate surface area is 335 Å². The Morgan fingerprint density at radius 1 is 0.685 bits per heavy atom. The molecule has 2 aromatic heterocycles. The van der Waals surface area contributed by atoms with Crippen LogP contribution in [0.4, 0.5) is 0 Å². The van der Waals surface area contributed by atoms with Crippen molar-refractivity contribution in [3.8, 4) is 22.5 Å². The fraction of sp³-hybridized carbons (Fsp3) is 0.273. The molecule has 2 atom stereocenters. The third-order valence-corrected chi connectivity index (χ3v) is 11.6. The summed E-state index contributed by atoms with van der Waals surface area (Å²) in [6, 6.07) is 25.7. The van der Waals surface area contributed by atoms with Crippen molar-refractivity contribution >= 4 is 80.0 Å². The van der Waals surface area contributed by atoms with Crippen LogP contribution in [0.5, 0.6) is 0 Å². The Morgan fingerprint density at radius 2 is 1.17 bits per heavy atom. The van der Waals surface area contributed by atoms with Crippen LogP contribution >= 0.6 is 46.4 Å². The zero-order chi connectivity index (χ0) is 38.5. The first-order valence-corrected chi connectivity index (χ1v) is 19.4. The molecule has 0 unspecified atom stereocenters. The Kier molecular flexibility index (Phi) is 10.4. The number of pyridine rings is 2. The molecule has 2 amide bonds. The first-order chi connectivity index (χ1) is 25.6. The molecule has 2 N–H and O–H groups in total. The van der Waals surface area contributed by atoms with Crippen LogP contribution in [-0.4, -0.2) is 34.4 Å². The number of hydrogen-bond donors (Lipinski definition) is 2. The van der Waals surface area contributed by atoms with Gasteiger partial charge in [-0.05, 0) is 104 Å². The number of carbonyl (C=O) groups is 2. The summed E-state index contributed by atoms with van der Waals surface area (Å²) in [6.07, 6.45) is 2.34. The minimum Gasteiger partial charge on any atom is -0.351 e. The van der Waals surface area contributed by atoms with Gasteiger partial charge in [-0.25, -0.2) is 9.97 Å². The van der Waals surface area contributed by atoms with E-state index in [2.05, 4.69) is 31.4 Å². The first-order valence-electron chi connectivity index (χ1n) is 17.9. The maximum absolute atomic E-state index is 14.4. The second kappa shape index (κ2) is 14.8. The summed E-state index contributed by atoms with van der Waals surface area (Å²) in [5.41, 5.74) is 6.25. The van der Waals surface area contributed by atoms with E-state index in [-0.39, 0.29) is 28.7 Å². The van der Waals surface area contributed by atoms with Gasteiger partial charge < -0.3 is 10.6 Å². The van der Waals surface area contributed by atoms with Gasteiger partial charge in [0.1, 0.15) is 0 Å². The van der Waals surface area contributed by atoms with Crippen LogP contribution in [0.1, 0.15) is 71.9 Å². The third kappa shape index (κ3) is 7.54. The van der Waals surface area contributed by atoms with E-state index in [4.69, 9.17) is 56.4 Å². The van der Waals surface area contributed by atoms with E-state index in [9.17, 15) is 9.59 Å². The predicted octanol–water partition coefficient (Wildman–Crippen LogP) is 12.1. The average Bonchev–Trinajstić information content (AvgIpc) is 3.09. The lowest BCUT2D eigenvalue weighted by Gasteiger charge is -2.47. The number of carbonyl (C=O) groups excluding carboxylic acids is 2. The van der Waals surface area contributed by atoms with E-state index >= 15 is 0 Å². The minimum atomic E-state index is -0.314. The van der Waals surface area contributed by atoms with Crippen molar-refractivity contribution in [3.05, 3.63) is 127 Å². The van der Waals surface area contributed by atoms with Crippen LogP contribution in [-0.2, 0) is 0 Å². The normalized spacial score (nSPS) is 18.1. The number of para-hydroxylation sites is 2. The smallest absolute Gasteiger partial charge is 0.252 e. The molecule has 4 aromatic carbocycles. The summed E-state index contributed by atoms with van der Waals surface area (Å²) in [5, 5.41) is 10.2. The molecule has 276 valence electrons. The maximum Gasteiger partial charge on any atom is 0.252 e. The standard InChI is InChI=1S/C44H40Cl4N4O2/c1-24-37(31-10-6-8-12-35(31)51-39(24)29-16-14-26(45)18-33(29)47)41(53)49-23-44(5)21-28(20-43(3,4)22-44)50-42(54)38-25(2)40(30-17-15-27(46)19-34(30)48)52-36-13-9-7-11-32(36)38/h6-19,28H,20-23H2,1-5H3,(H,49,53)(H,50,54)/t28-,44+/m0/s1. The molecule has 1 saturated carbocycles. The number of amides is 2. The van der Waals surface area contributed by atoms with Gasteiger partial charge >= 0.3 is 0 Å². The van der Waals surface area contributed by atoms with Crippen molar-refractivity contribution < 1.29 is 9.59 Å². The predicted molar refractivity (Wildman–Crippen MR) is 223 cm³/mol. The fourth-order valence-corrected chi connectivity index (χ4v) is 9.59. The van der Waals surface area contributed by atoms with E-state index in [1.165, 1.54) is 0 Å². The number of halogens is 4. The molecule has 0 saturated heterocycles. The number of rotatable bonds is 7. The fourth-order valence-electron chi connectivity index (χ4n) is 8.60. The summed E-state index contributed by atoms with van der Waals surface area (Å²) < 4.78 is 0. The SMILES string of the molecule is Cc1c(-c2ccc(Cl)cc2Cl)nc2ccccc2c1C(=O)NC[C@]1(C)C[C@@H](NC(=O)c2c(C)c(-c3ccc(Cl)cc3Cl)nc3ccccc23)CC(C)(C)C1. The molecule has 0 radical (unpaired) electrons. The molecular weight excluding hydrogens is 758 g/mol. The molecule has 2 heterocycles. The highest BCUT2D eigenvalue weighted by atomic mass is 35.5. The van der Waals surface area contributed by atoms with Gasteiger partial charge in [0.25, 0.3) is 11.8 Å². The summed E-state index contributed by atoms with van der Waals surface area (Å²) >= 11 is 25.7. The molecule has 10 heteroatoms. The second-order valence-corrected chi connectivity index (χ2v) is 17.3. The van der Waals surface area contributed by atoms with Gasteiger partial charge in [0.15, 0.2) is 0 Å². The van der Waals surface area contributed by atoms with Gasteiger partial charge in [-0.3, -0.25) is 9.59 Å². The van der Waals surface area contributed by atoms with Crippen molar-refractivity contribution in [2.75, 3.05) is 6.54 Å². The van der Waals surface area contributed by atoms with E-state index in [0.717, 1.165) is 34.7 Å². The summed E-state index contributed by atoms with van der Waals surface area (Å²) in [4.78, 5) is 38.5. The van der Waals surface area contributed by atoms with Gasteiger partial charge in [-0.15, -0.1) is 0 Å². The lowest BCUT2D eigenvalue weighted by molar-refractivity contribution is 0.0592. The third-order valence-electron chi connectivity index (χ3n) is 10.6. The van der Waals surface area contributed by atoms with Gasteiger partial charge in [0.2, 0.25) is 0 Å². The highest BCUT2D eigenvalue weighted by Crippen LogP contribution is 2.46. The van der Waals surface area contributed by atoms with Crippen LogP contribution in [0.3, 0.4) is 0 Å². The lowest BCUT2D eigenvalue weighted by atomic mass is 9.62. The molecule has 0 spiro atoms. The van der Waals surface area contributed by atoms with Gasteiger partial charge in [-0.2, -0.15) is 0 Å². The largest absolute Gasteiger partial charge is 0.351 e. The van der Waals surface area contributed by atoms with Crippen LogP contribution in [0, 0.1) is 24.7 Å². The molecule has 0 aliphatic heterocycles. The van der Waals surface area contributed by atoms with Gasteiger partial charge in [0, 0.05) is 44.5 Å². The Morgan fingerprint density at radius 3 is 1.67 bits per heavy atom. The van der Waals surface area contributed by atoms with Crippen molar-refractivity contribution in [2.45, 2.75) is 59.9 Å². The first kappa shape index (κ1) is 38.1. The quantitative estimate of drug-likeness (QED) is 0.168. The highest BCUT2D eigenvalue weighted by Gasteiger charge is 2.42. The van der Waals surface area contributed by atoms with Crippen molar-refractivity contribution in [1.82, 2.24) is 20.6 Å². The summed E-state index contributed by atoms with van der Waals surface area (Å²) in [7, 11) is 0. The number of aromatic nitrogens is 2. The second-order valence-electron chi connectivity index (χ2n) is 15.6. The van der Waals surface area contributed by atoms with Gasteiger partial charge in [-0.1, -0.05) is 104 Å². The van der Waals surface area contributed by atoms with Crippen molar-refractivity contribution in [3.63, 3.8) is 0 Å². The van der Waals surface area contributed by atoms with Crippen molar-refractivity contribution in [1.29, 1.82) is 0 Å². The van der Waals surface area contributed by atoms with Crippen LogP contribution < -0.4 is 10.6 Å². The highest BCUT2D eigenvalue weighted by molar-refractivity contribution is 6.37. The number of nitrogens with one attached hydrogen (secondary N) is 2. The lowest BCUT2D eigenvalue weighted by Crippen LogP contribution is -2.50. The molecule has 1 fully saturated rings. The number of fused-ring (bicyclic) bond motifs is 2. The monoisotopic (exact) mass is 796 g/mol. The van der Waals surface area contributed by atoms with E-state index in [0.29, 0.717) is 77.7 Å². The zero-order valence-corrected chi connectivity index (χ0v) is 33.7. The Bertz CT molecular complexity index is 2480. The topological polar surface area (TPSA) is 84.0 Å². The molecule has 1 aliphatic carbocycles. The Hall–Kier alpha value is -4.20. The van der Waals surface area contributed by atoms with Crippen molar-refractivity contribution in [2.24, 2.45) is 10.8 Å². The van der Waals surface area contributed by atoms with Crippen LogP contribution in [0.25, 0.3) is 44.3 Å². The van der Waals surface area contributed by atoms with E-state index < -0.39 is 0 Å². The minimum absolute atomic E-state index is 0.106. The molecule has 6 nitrogen and oxygen atoms in total. The van der Waals surface area contributed by atoms with E-state index in [1.807, 2.05) is 74.5 Å². The zero-order valence-electron chi connectivity index (χ0n) is 30.7. The number of hydrogen-bond acceptors (Lipinski definition) is 4. The van der Waals surface area contributed by atoms with Crippen LogP contribution in [0.2, 0.25) is 20.1 Å². The molecule has 6 aromatic rings. The number of nitrogens with zero attached hydrogens (tertiary/aromatic N) is 2. The molecular formula is C44H40Cl4N4O2. The summed E-state index contributed by atoms with van der Waals surface area (Å²) in [6.45, 7) is 10.9. The molecule has 7 rings (SSSR count). The molecule has 0 bridgehead atoms. The maximum atomic E-state index is 14.4.